The molecule has 0 aliphatic carbocycles. The van der Waals surface area contributed by atoms with Gasteiger partial charge in [-0.2, -0.15) is 0 Å². The van der Waals surface area contributed by atoms with Crippen LogP contribution in [0.3, 0.4) is 0 Å². The van der Waals surface area contributed by atoms with Gasteiger partial charge in [-0.25, -0.2) is 4.98 Å². The molecule has 0 saturated carbocycles. The fourth-order valence-corrected chi connectivity index (χ4v) is 6.76. The molecule has 0 unspecified atom stereocenters. The van der Waals surface area contributed by atoms with Crippen molar-refractivity contribution in [1.29, 1.82) is 0 Å². The third kappa shape index (κ3) is 8.04. The predicted molar refractivity (Wildman–Crippen MR) is 201 cm³/mol. The smallest absolute Gasteiger partial charge is 0.117 e. The molecule has 0 N–H and O–H groups in total. The van der Waals surface area contributed by atoms with Crippen molar-refractivity contribution in [2.45, 2.75) is 26.2 Å². The average molecular weight is 628 g/mol. The largest absolute Gasteiger partial charge is 0.363 e. The maximum atomic E-state index is 4.94. The molecule has 230 valence electrons. The van der Waals surface area contributed by atoms with E-state index in [0.29, 0.717) is 0 Å². The Morgan fingerprint density at radius 3 is 1.34 bits per heavy atom. The maximum Gasteiger partial charge on any atom is 0.117 e. The topological polar surface area (TPSA) is 19.4 Å². The second kappa shape index (κ2) is 14.8. The quantitative estimate of drug-likeness (QED) is 0.134. The molecule has 7 aromatic rings. The van der Waals surface area contributed by atoms with Gasteiger partial charge < -0.3 is 9.80 Å². The van der Waals surface area contributed by atoms with E-state index in [1.54, 1.807) is 11.3 Å². The van der Waals surface area contributed by atoms with Crippen LogP contribution < -0.4 is 9.80 Å². The highest BCUT2D eigenvalue weighted by Gasteiger charge is 2.12. The van der Waals surface area contributed by atoms with Crippen LogP contribution >= 0.6 is 11.3 Å². The molecule has 0 atom stereocenters. The van der Waals surface area contributed by atoms with Gasteiger partial charge in [0.25, 0.3) is 0 Å². The number of hydrogen-bond acceptors (Lipinski definition) is 4. The van der Waals surface area contributed by atoms with Crippen molar-refractivity contribution >= 4 is 45.1 Å². The highest BCUT2D eigenvalue weighted by Crippen LogP contribution is 2.30. The number of thiazole rings is 1. The minimum Gasteiger partial charge on any atom is -0.363 e. The highest BCUT2D eigenvalue weighted by atomic mass is 32.1. The zero-order chi connectivity index (χ0) is 31.7. The first-order valence-corrected chi connectivity index (χ1v) is 16.9. The van der Waals surface area contributed by atoms with Gasteiger partial charge in [-0.3, -0.25) is 0 Å². The maximum absolute atomic E-state index is 4.94. The van der Waals surface area contributed by atoms with Crippen LogP contribution in [0.1, 0.15) is 32.8 Å². The summed E-state index contributed by atoms with van der Waals surface area (Å²) in [5.41, 5.74) is 9.80. The first kappa shape index (κ1) is 30.2. The van der Waals surface area contributed by atoms with Crippen LogP contribution in [0.25, 0.3) is 22.4 Å². The van der Waals surface area contributed by atoms with Crippen LogP contribution in [0, 0.1) is 0 Å². The molecule has 1 aromatic heterocycles. The summed E-state index contributed by atoms with van der Waals surface area (Å²) >= 11 is 1.74. The molecule has 6 aromatic carbocycles. The zero-order valence-corrected chi connectivity index (χ0v) is 27.1. The summed E-state index contributed by atoms with van der Waals surface area (Å²) in [6, 6.07) is 58.2. The van der Waals surface area contributed by atoms with E-state index in [1.165, 1.54) is 38.3 Å². The van der Waals surface area contributed by atoms with Crippen molar-refractivity contribution in [2.75, 3.05) is 9.80 Å². The van der Waals surface area contributed by atoms with Crippen molar-refractivity contribution in [1.82, 2.24) is 4.98 Å². The monoisotopic (exact) mass is 627 g/mol. The van der Waals surface area contributed by atoms with E-state index in [0.717, 1.165) is 42.3 Å². The molecule has 0 bridgehead atoms. The van der Waals surface area contributed by atoms with Crippen LogP contribution in [0.2, 0.25) is 0 Å². The Morgan fingerprint density at radius 2 is 0.872 bits per heavy atom. The summed E-state index contributed by atoms with van der Waals surface area (Å²) in [4.78, 5) is 9.82. The van der Waals surface area contributed by atoms with Gasteiger partial charge in [0, 0.05) is 37.6 Å². The Labute approximate surface area is 281 Å². The lowest BCUT2D eigenvalue weighted by Gasteiger charge is -2.25. The number of anilines is 2. The highest BCUT2D eigenvalue weighted by molar-refractivity contribution is 7.19. The molecular weight excluding hydrogens is 591 g/mol. The third-order valence-corrected chi connectivity index (χ3v) is 9.28. The van der Waals surface area contributed by atoms with E-state index in [4.69, 9.17) is 4.98 Å². The van der Waals surface area contributed by atoms with Crippen molar-refractivity contribution in [3.8, 4) is 0 Å². The first-order chi connectivity index (χ1) is 23.2. The van der Waals surface area contributed by atoms with E-state index in [-0.39, 0.29) is 0 Å². The molecule has 0 saturated heterocycles. The zero-order valence-electron chi connectivity index (χ0n) is 26.3. The molecule has 4 heteroatoms. The number of benzene rings is 6. The van der Waals surface area contributed by atoms with Gasteiger partial charge in [0.2, 0.25) is 0 Å². The van der Waals surface area contributed by atoms with Crippen LogP contribution in [0.15, 0.2) is 164 Å². The minimum atomic E-state index is 0.844. The summed E-state index contributed by atoms with van der Waals surface area (Å²) in [5.74, 6) is 0. The SMILES string of the molecule is C(=Cc1nc2ccc(N(Cc3ccccc3)Cc3ccccc3)cc2s1)c1ccc(N(Cc2ccccc2)Cc2ccccc2)cc1. The van der Waals surface area contributed by atoms with Gasteiger partial charge in [-0.05, 0) is 64.2 Å². The van der Waals surface area contributed by atoms with Gasteiger partial charge in [0.15, 0.2) is 0 Å². The summed E-state index contributed by atoms with van der Waals surface area (Å²) in [5, 5.41) is 1.01. The summed E-state index contributed by atoms with van der Waals surface area (Å²) in [6.45, 7) is 3.40. The Bertz CT molecular complexity index is 1940. The molecule has 0 fully saturated rings. The Morgan fingerprint density at radius 1 is 0.447 bits per heavy atom. The molecule has 0 amide bonds. The van der Waals surface area contributed by atoms with Gasteiger partial charge in [-0.1, -0.05) is 140 Å². The van der Waals surface area contributed by atoms with Crippen molar-refractivity contribution in [3.05, 3.63) is 197 Å². The van der Waals surface area contributed by atoms with E-state index >= 15 is 0 Å². The summed E-state index contributed by atoms with van der Waals surface area (Å²) < 4.78 is 1.20. The second-order valence-electron chi connectivity index (χ2n) is 11.8. The number of nitrogens with zero attached hydrogens (tertiary/aromatic N) is 3. The van der Waals surface area contributed by atoms with Gasteiger partial charge in [-0.15, -0.1) is 11.3 Å². The van der Waals surface area contributed by atoms with Gasteiger partial charge >= 0.3 is 0 Å². The molecule has 47 heavy (non-hydrogen) atoms. The van der Waals surface area contributed by atoms with Crippen LogP contribution in [-0.2, 0) is 26.2 Å². The third-order valence-electron chi connectivity index (χ3n) is 8.30. The number of fused-ring (bicyclic) bond motifs is 1. The molecule has 0 aliphatic heterocycles. The standard InChI is InChI=1S/C43H37N3S/c1-5-13-35(14-6-1)30-45(31-36-15-7-2-8-16-36)39-24-21-34(22-25-39)23-28-43-44-41-27-26-40(29-42(41)47-43)46(32-37-17-9-3-10-18-37)33-38-19-11-4-12-20-38/h1-29H,30-33H2. The van der Waals surface area contributed by atoms with Crippen LogP contribution in [0.5, 0.6) is 0 Å². The Balaban J connectivity index is 1.08. The van der Waals surface area contributed by atoms with Crippen molar-refractivity contribution in [2.24, 2.45) is 0 Å². The van der Waals surface area contributed by atoms with E-state index in [2.05, 4.69) is 186 Å². The Hall–Kier alpha value is -5.45. The molecular formula is C43H37N3S. The van der Waals surface area contributed by atoms with Crippen LogP contribution in [-0.4, -0.2) is 4.98 Å². The van der Waals surface area contributed by atoms with E-state index in [1.807, 2.05) is 0 Å². The van der Waals surface area contributed by atoms with E-state index < -0.39 is 0 Å². The summed E-state index contributed by atoms with van der Waals surface area (Å²) in [7, 11) is 0. The van der Waals surface area contributed by atoms with Crippen LogP contribution in [0.4, 0.5) is 11.4 Å². The molecule has 0 spiro atoms. The molecule has 1 heterocycles. The Kier molecular flexibility index (Phi) is 9.49. The first-order valence-electron chi connectivity index (χ1n) is 16.1. The normalized spacial score (nSPS) is 11.2. The van der Waals surface area contributed by atoms with Crippen molar-refractivity contribution < 1.29 is 0 Å². The number of aromatic nitrogens is 1. The average Bonchev–Trinajstić information content (AvgIpc) is 3.55. The second-order valence-corrected chi connectivity index (χ2v) is 12.8. The van der Waals surface area contributed by atoms with Gasteiger partial charge in [0.1, 0.15) is 5.01 Å². The lowest BCUT2D eigenvalue weighted by Crippen LogP contribution is -2.22. The van der Waals surface area contributed by atoms with Crippen molar-refractivity contribution in [3.63, 3.8) is 0 Å². The lowest BCUT2D eigenvalue weighted by molar-refractivity contribution is 0.800. The fraction of sp³-hybridized carbons (Fsp3) is 0.0930. The summed E-state index contributed by atoms with van der Waals surface area (Å²) in [6.07, 6.45) is 4.30. The number of hydrogen-bond donors (Lipinski definition) is 0. The van der Waals surface area contributed by atoms with Gasteiger partial charge in [0.05, 0.1) is 10.2 Å². The number of rotatable bonds is 12. The lowest BCUT2D eigenvalue weighted by atomic mass is 10.1. The molecule has 7 rings (SSSR count). The fourth-order valence-electron chi connectivity index (χ4n) is 5.86. The molecule has 3 nitrogen and oxygen atoms in total. The molecule has 0 aliphatic rings. The minimum absolute atomic E-state index is 0.844. The predicted octanol–water partition coefficient (Wildman–Crippen LogP) is 10.9. The molecule has 0 radical (unpaired) electrons. The van der Waals surface area contributed by atoms with E-state index in [9.17, 15) is 0 Å².